The van der Waals surface area contributed by atoms with E-state index in [9.17, 15) is 13.2 Å². The van der Waals surface area contributed by atoms with Gasteiger partial charge in [-0.15, -0.1) is 0 Å². The van der Waals surface area contributed by atoms with Crippen molar-refractivity contribution in [2.45, 2.75) is 30.4 Å². The van der Waals surface area contributed by atoms with Crippen molar-refractivity contribution in [1.82, 2.24) is 29.0 Å². The highest BCUT2D eigenvalue weighted by Crippen LogP contribution is 2.34. The van der Waals surface area contributed by atoms with Crippen LogP contribution in [0.1, 0.15) is 30.7 Å². The number of carbonyl (C=O) groups is 1. The van der Waals surface area contributed by atoms with Crippen molar-refractivity contribution < 1.29 is 17.9 Å². The molecular weight excluding hydrogens is 468 g/mol. The van der Waals surface area contributed by atoms with Crippen molar-refractivity contribution in [2.24, 2.45) is 0 Å². The summed E-state index contributed by atoms with van der Waals surface area (Å²) in [6.07, 6.45) is 5.74. The highest BCUT2D eigenvalue weighted by Gasteiger charge is 2.44. The van der Waals surface area contributed by atoms with E-state index in [0.717, 1.165) is 63.0 Å². The van der Waals surface area contributed by atoms with Crippen molar-refractivity contribution in [2.75, 3.05) is 72.6 Å². The average molecular weight is 505 g/mol. The van der Waals surface area contributed by atoms with E-state index in [1.807, 2.05) is 12.3 Å². The number of likely N-dealkylation sites (tertiary alicyclic amines) is 1. The number of piperazine rings is 1. The lowest BCUT2D eigenvalue weighted by atomic mass is 9.90. The molecule has 0 saturated carbocycles. The molecule has 2 aromatic heterocycles. The van der Waals surface area contributed by atoms with Crippen molar-refractivity contribution in [3.05, 3.63) is 30.1 Å². The van der Waals surface area contributed by atoms with Crippen molar-refractivity contribution in [1.29, 1.82) is 0 Å². The summed E-state index contributed by atoms with van der Waals surface area (Å²) in [5, 5.41) is 0.583. The molecule has 0 aliphatic carbocycles. The molecule has 0 radical (unpaired) electrons. The second-order valence-corrected chi connectivity index (χ2v) is 12.2. The summed E-state index contributed by atoms with van der Waals surface area (Å²) in [5.41, 5.74) is 2.09. The average Bonchev–Trinajstić information content (AvgIpc) is 3.26. The smallest absolute Gasteiger partial charge is 0.409 e. The van der Waals surface area contributed by atoms with Crippen LogP contribution in [0.25, 0.3) is 11.0 Å². The fourth-order valence-electron chi connectivity index (χ4n) is 5.33. The first-order valence-corrected chi connectivity index (χ1v) is 14.2. The van der Waals surface area contributed by atoms with E-state index in [4.69, 9.17) is 4.74 Å². The highest BCUT2D eigenvalue weighted by atomic mass is 32.2. The predicted octanol–water partition coefficient (Wildman–Crippen LogP) is 1.53. The second kappa shape index (κ2) is 10.4. The van der Waals surface area contributed by atoms with Crippen LogP contribution < -0.4 is 0 Å². The number of piperidine rings is 1. The van der Waals surface area contributed by atoms with Gasteiger partial charge in [0.1, 0.15) is 10.9 Å². The van der Waals surface area contributed by atoms with Crippen LogP contribution in [0.2, 0.25) is 0 Å². The van der Waals surface area contributed by atoms with E-state index in [0.29, 0.717) is 25.6 Å². The van der Waals surface area contributed by atoms with Gasteiger partial charge < -0.3 is 24.4 Å². The van der Waals surface area contributed by atoms with E-state index in [-0.39, 0.29) is 13.1 Å². The molecule has 10 nitrogen and oxygen atoms in total. The van der Waals surface area contributed by atoms with Crippen LogP contribution >= 0.6 is 0 Å². The van der Waals surface area contributed by atoms with Crippen LogP contribution in [0.15, 0.2) is 24.5 Å². The fourth-order valence-corrected chi connectivity index (χ4v) is 7.21. The van der Waals surface area contributed by atoms with Crippen molar-refractivity contribution in [3.8, 4) is 0 Å². The zero-order valence-corrected chi connectivity index (χ0v) is 21.3. The Morgan fingerprint density at radius 1 is 1.14 bits per heavy atom. The number of nitrogens with zero attached hydrogens (tertiary/aromatic N) is 5. The molecule has 11 heteroatoms. The van der Waals surface area contributed by atoms with Gasteiger partial charge in [-0.3, -0.25) is 0 Å². The third-order valence-electron chi connectivity index (χ3n) is 7.70. The number of rotatable bonds is 7. The lowest BCUT2D eigenvalue weighted by molar-refractivity contribution is 0.0750. The Bertz CT molecular complexity index is 1120. The molecule has 0 spiro atoms. The van der Waals surface area contributed by atoms with E-state index in [1.165, 1.54) is 10.5 Å². The van der Waals surface area contributed by atoms with Crippen LogP contribution in [-0.2, 0) is 14.8 Å². The number of H-pyrrole nitrogens is 1. The minimum atomic E-state index is -3.42. The zero-order valence-electron chi connectivity index (χ0n) is 20.4. The summed E-state index contributed by atoms with van der Waals surface area (Å²) >= 11 is 0. The maximum absolute atomic E-state index is 13.1. The standard InChI is InChI=1S/C24H36N6O4S/c1-27-11-13-28(14-12-27)8-3-15-34-24(31)29-17-20(18-29)35(32,33)30-9-5-19(6-10-30)22-16-26-23-21(22)4-2-7-25-23/h2,4,7,16,19-20H,3,5-6,8-15,17-18H2,1H3,(H,25,26). The van der Waals surface area contributed by atoms with Gasteiger partial charge >= 0.3 is 6.09 Å². The largest absolute Gasteiger partial charge is 0.449 e. The Morgan fingerprint density at radius 3 is 2.63 bits per heavy atom. The maximum Gasteiger partial charge on any atom is 0.409 e. The number of nitrogens with one attached hydrogen (secondary N) is 1. The van der Waals surface area contributed by atoms with Crippen molar-refractivity contribution >= 4 is 27.1 Å². The first-order valence-electron chi connectivity index (χ1n) is 12.7. The minimum absolute atomic E-state index is 0.216. The van der Waals surface area contributed by atoms with Gasteiger partial charge in [-0.2, -0.15) is 0 Å². The molecule has 5 heterocycles. The maximum atomic E-state index is 13.1. The minimum Gasteiger partial charge on any atom is -0.449 e. The van der Waals surface area contributed by atoms with E-state index >= 15 is 0 Å². The van der Waals surface area contributed by atoms with Gasteiger partial charge in [-0.05, 0) is 49.9 Å². The first-order chi connectivity index (χ1) is 16.9. The summed E-state index contributed by atoms with van der Waals surface area (Å²) in [7, 11) is -1.29. The van der Waals surface area contributed by atoms with Gasteiger partial charge in [-0.25, -0.2) is 22.5 Å². The van der Waals surface area contributed by atoms with Gasteiger partial charge in [0.15, 0.2) is 0 Å². The number of fused-ring (bicyclic) bond motifs is 1. The van der Waals surface area contributed by atoms with Gasteiger partial charge in [-0.1, -0.05) is 0 Å². The summed E-state index contributed by atoms with van der Waals surface area (Å²) in [6.45, 7) is 6.97. The summed E-state index contributed by atoms with van der Waals surface area (Å²) < 4.78 is 33.2. The SMILES string of the molecule is CN1CCN(CCCOC(=O)N2CC(S(=O)(=O)N3CCC(c4c[nH]c5ncccc45)CC3)C2)CC1. The number of aromatic amines is 1. The molecule has 35 heavy (non-hydrogen) atoms. The monoisotopic (exact) mass is 504 g/mol. The van der Waals surface area contributed by atoms with E-state index in [2.05, 4.69) is 32.9 Å². The van der Waals surface area contributed by atoms with Gasteiger partial charge in [0, 0.05) is 76.7 Å². The third-order valence-corrected chi connectivity index (χ3v) is 9.93. The molecule has 0 unspecified atom stereocenters. The Hall–Kier alpha value is -2.21. The highest BCUT2D eigenvalue weighted by molar-refractivity contribution is 7.89. The number of hydrogen-bond acceptors (Lipinski definition) is 7. The van der Waals surface area contributed by atoms with Crippen LogP contribution in [0.5, 0.6) is 0 Å². The molecule has 0 atom stereocenters. The Kier molecular flexibility index (Phi) is 7.29. The Balaban J connectivity index is 1.03. The second-order valence-electron chi connectivity index (χ2n) is 10.0. The molecule has 3 aliphatic heterocycles. The van der Waals surface area contributed by atoms with E-state index in [1.54, 1.807) is 10.5 Å². The van der Waals surface area contributed by atoms with Crippen LogP contribution in [0.4, 0.5) is 4.79 Å². The number of carbonyl (C=O) groups excluding carboxylic acids is 1. The quantitative estimate of drug-likeness (QED) is 0.571. The molecule has 2 aromatic rings. The normalized spacial score (nSPS) is 21.9. The van der Waals surface area contributed by atoms with E-state index < -0.39 is 21.4 Å². The molecule has 0 bridgehead atoms. The number of likely N-dealkylation sites (N-methyl/N-ethyl adjacent to an activating group) is 1. The molecule has 3 fully saturated rings. The summed E-state index contributed by atoms with van der Waals surface area (Å²) in [6, 6.07) is 3.99. The van der Waals surface area contributed by atoms with Gasteiger partial charge in [0.25, 0.3) is 0 Å². The van der Waals surface area contributed by atoms with Crippen molar-refractivity contribution in [3.63, 3.8) is 0 Å². The van der Waals surface area contributed by atoms with Gasteiger partial charge in [0.05, 0.1) is 6.61 Å². The number of pyridine rings is 1. The Labute approximate surface area is 207 Å². The molecule has 5 rings (SSSR count). The molecule has 192 valence electrons. The molecule has 3 saturated heterocycles. The van der Waals surface area contributed by atoms with Crippen LogP contribution in [0, 0.1) is 0 Å². The predicted molar refractivity (Wildman–Crippen MR) is 134 cm³/mol. The Morgan fingerprint density at radius 2 is 1.89 bits per heavy atom. The zero-order chi connectivity index (χ0) is 24.4. The summed E-state index contributed by atoms with van der Waals surface area (Å²) in [5.74, 6) is 0.318. The molecule has 0 aromatic carbocycles. The molecular formula is C24H36N6O4S. The molecule has 3 aliphatic rings. The lowest BCUT2D eigenvalue weighted by Gasteiger charge is -2.41. The van der Waals surface area contributed by atoms with Crippen LogP contribution in [0.3, 0.4) is 0 Å². The number of amides is 1. The van der Waals surface area contributed by atoms with Crippen LogP contribution in [-0.4, -0.2) is 121 Å². The first kappa shape index (κ1) is 24.5. The fraction of sp³-hybridized carbons (Fsp3) is 0.667. The number of aromatic nitrogens is 2. The molecule has 1 N–H and O–H groups in total. The third kappa shape index (κ3) is 5.32. The number of sulfonamides is 1. The molecule has 1 amide bonds. The summed E-state index contributed by atoms with van der Waals surface area (Å²) in [4.78, 5) is 26.1. The van der Waals surface area contributed by atoms with Gasteiger partial charge in [0.2, 0.25) is 10.0 Å². The topological polar surface area (TPSA) is 102 Å². The number of ether oxygens (including phenoxy) is 1. The lowest BCUT2D eigenvalue weighted by Crippen LogP contribution is -2.60. The number of hydrogen-bond donors (Lipinski definition) is 1.